The SMILES string of the molecule is [2H]c1c(C([2H])(C)C([2H])([2H])[2H])c([2H])c(-c2c(C)ccc3c2oc2cc([N+]#[C-])cc(-c4ccccc4)c23)[n+](C)c1C. The maximum atomic E-state index is 9.15. The Labute approximate surface area is 203 Å². The second-order valence-corrected chi connectivity index (χ2v) is 8.32. The molecule has 33 heavy (non-hydrogen) atoms. The fraction of sp³-hybridized carbons (Fsp3) is 0.200. The van der Waals surface area contributed by atoms with E-state index in [-0.39, 0.29) is 17.6 Å². The summed E-state index contributed by atoms with van der Waals surface area (Å²) in [7, 11) is 1.73. The molecule has 162 valence electrons. The van der Waals surface area contributed by atoms with Crippen LogP contribution in [0.25, 0.3) is 49.2 Å². The topological polar surface area (TPSA) is 21.4 Å². The van der Waals surface area contributed by atoms with Crippen molar-refractivity contribution in [2.45, 2.75) is 33.5 Å². The van der Waals surface area contributed by atoms with Crippen LogP contribution >= 0.6 is 0 Å². The van der Waals surface area contributed by atoms with Crippen LogP contribution in [0.15, 0.2) is 71.1 Å². The molecule has 0 fully saturated rings. The number of benzene rings is 3. The van der Waals surface area contributed by atoms with Gasteiger partial charge in [-0.1, -0.05) is 56.2 Å². The lowest BCUT2D eigenvalue weighted by molar-refractivity contribution is -0.666. The second kappa shape index (κ2) is 7.90. The lowest BCUT2D eigenvalue weighted by Gasteiger charge is -2.11. The smallest absolute Gasteiger partial charge is 0.216 e. The Kier molecular flexibility index (Phi) is 3.60. The molecular weight excluding hydrogens is 404 g/mol. The first-order valence-electron chi connectivity index (χ1n) is 13.7. The van der Waals surface area contributed by atoms with E-state index < -0.39 is 12.7 Å². The molecule has 5 aromatic rings. The first kappa shape index (κ1) is 15.0. The van der Waals surface area contributed by atoms with Crippen LogP contribution in [0, 0.1) is 20.4 Å². The summed E-state index contributed by atoms with van der Waals surface area (Å²) in [5, 5.41) is 1.62. The molecule has 0 aliphatic heterocycles. The zero-order valence-corrected chi connectivity index (χ0v) is 19.0. The molecule has 0 saturated carbocycles. The molecule has 2 heterocycles. The van der Waals surface area contributed by atoms with Crippen LogP contribution in [0.1, 0.15) is 44.7 Å². The summed E-state index contributed by atoms with van der Waals surface area (Å²) in [6.45, 7) is 9.70. The van der Waals surface area contributed by atoms with E-state index in [0.717, 1.165) is 27.5 Å². The Morgan fingerprint density at radius 3 is 2.64 bits per heavy atom. The molecule has 3 aromatic carbocycles. The van der Waals surface area contributed by atoms with Crippen LogP contribution in [-0.2, 0) is 7.05 Å². The van der Waals surface area contributed by atoms with Crippen molar-refractivity contribution in [3.63, 3.8) is 0 Å². The van der Waals surface area contributed by atoms with Gasteiger partial charge in [0.25, 0.3) is 0 Å². The van der Waals surface area contributed by atoms with Crippen molar-refractivity contribution < 1.29 is 17.2 Å². The molecule has 0 spiro atoms. The summed E-state index contributed by atoms with van der Waals surface area (Å²) in [6.07, 6.45) is 0. The number of pyridine rings is 1. The molecule has 5 rings (SSSR count). The third-order valence-electron chi connectivity index (χ3n) is 6.15. The molecule has 3 nitrogen and oxygen atoms in total. The molecule has 1 unspecified atom stereocenters. The van der Waals surface area contributed by atoms with Crippen LogP contribution in [0.5, 0.6) is 0 Å². The van der Waals surface area contributed by atoms with E-state index >= 15 is 0 Å². The molecule has 0 amide bonds. The van der Waals surface area contributed by atoms with Crippen LogP contribution in [-0.4, -0.2) is 0 Å². The van der Waals surface area contributed by atoms with E-state index in [1.807, 2.05) is 55.5 Å². The minimum absolute atomic E-state index is 0.137. The third-order valence-corrected chi connectivity index (χ3v) is 6.15. The predicted octanol–water partition coefficient (Wildman–Crippen LogP) is 8.04. The van der Waals surface area contributed by atoms with Gasteiger partial charge in [0, 0.05) is 35.3 Å². The van der Waals surface area contributed by atoms with Gasteiger partial charge in [-0.3, -0.25) is 0 Å². The average Bonchev–Trinajstić information content (AvgIpc) is 3.26. The van der Waals surface area contributed by atoms with Gasteiger partial charge < -0.3 is 4.42 Å². The average molecular weight is 438 g/mol. The lowest BCUT2D eigenvalue weighted by atomic mass is 9.94. The number of hydrogen-bond donors (Lipinski definition) is 0. The predicted molar refractivity (Wildman–Crippen MR) is 136 cm³/mol. The lowest BCUT2D eigenvalue weighted by Crippen LogP contribution is -2.35. The van der Waals surface area contributed by atoms with E-state index in [2.05, 4.69) is 4.85 Å². The largest absolute Gasteiger partial charge is 0.456 e. The highest BCUT2D eigenvalue weighted by atomic mass is 16.3. The van der Waals surface area contributed by atoms with E-state index in [9.17, 15) is 0 Å². The van der Waals surface area contributed by atoms with E-state index in [1.165, 1.54) is 6.92 Å². The van der Waals surface area contributed by atoms with Gasteiger partial charge in [-0.05, 0) is 47.2 Å². The van der Waals surface area contributed by atoms with Gasteiger partial charge in [0.2, 0.25) is 5.69 Å². The minimum Gasteiger partial charge on any atom is -0.456 e. The van der Waals surface area contributed by atoms with E-state index in [4.69, 9.17) is 19.2 Å². The van der Waals surface area contributed by atoms with Crippen molar-refractivity contribution in [3.8, 4) is 22.4 Å². The van der Waals surface area contributed by atoms with Gasteiger partial charge >= 0.3 is 0 Å². The maximum absolute atomic E-state index is 9.15. The maximum Gasteiger partial charge on any atom is 0.216 e. The quantitative estimate of drug-likeness (QED) is 0.207. The molecule has 0 aliphatic rings. The number of aromatic nitrogens is 1. The summed E-state index contributed by atoms with van der Waals surface area (Å²) in [6, 6.07) is 16.9. The molecule has 1 atom stereocenters. The summed E-state index contributed by atoms with van der Waals surface area (Å²) in [5.41, 5.74) is 5.28. The number of aryl methyl sites for hydroxylation is 1. The zero-order valence-electron chi connectivity index (χ0n) is 25.0. The van der Waals surface area contributed by atoms with E-state index in [1.54, 1.807) is 24.6 Å². The summed E-state index contributed by atoms with van der Waals surface area (Å²) < 4.78 is 58.7. The number of hydrogen-bond acceptors (Lipinski definition) is 1. The second-order valence-electron chi connectivity index (χ2n) is 8.32. The van der Waals surface area contributed by atoms with Crippen LogP contribution in [0.2, 0.25) is 0 Å². The van der Waals surface area contributed by atoms with Crippen molar-refractivity contribution in [2.24, 2.45) is 7.05 Å². The molecule has 0 bridgehead atoms. The van der Waals surface area contributed by atoms with Gasteiger partial charge in [0.1, 0.15) is 18.2 Å². The van der Waals surface area contributed by atoms with Gasteiger partial charge in [-0.25, -0.2) is 4.85 Å². The monoisotopic (exact) mass is 437 g/mol. The van der Waals surface area contributed by atoms with Gasteiger partial charge in [-0.15, -0.1) is 0 Å². The molecule has 0 N–H and O–H groups in total. The molecule has 3 heteroatoms. The third kappa shape index (κ3) is 3.39. The first-order valence-corrected chi connectivity index (χ1v) is 10.7. The molecule has 0 saturated heterocycles. The Bertz CT molecular complexity index is 1830. The molecule has 2 aromatic heterocycles. The fourth-order valence-electron chi connectivity index (χ4n) is 4.34. The first-order chi connectivity index (χ1) is 18.3. The van der Waals surface area contributed by atoms with Crippen molar-refractivity contribution in [1.82, 2.24) is 0 Å². The van der Waals surface area contributed by atoms with Gasteiger partial charge in [0.05, 0.1) is 14.9 Å². The Balaban J connectivity index is 1.94. The molecular formula is C30H27N2O+. The van der Waals surface area contributed by atoms with Crippen molar-refractivity contribution in [3.05, 3.63) is 94.9 Å². The molecule has 0 radical (unpaired) electrons. The fourth-order valence-corrected chi connectivity index (χ4v) is 4.34. The summed E-state index contributed by atoms with van der Waals surface area (Å²) >= 11 is 0. The van der Waals surface area contributed by atoms with Crippen LogP contribution in [0.4, 0.5) is 5.69 Å². The Morgan fingerprint density at radius 1 is 1.12 bits per heavy atom. The zero-order chi connectivity index (χ0) is 28.4. The van der Waals surface area contributed by atoms with Crippen LogP contribution < -0.4 is 4.57 Å². The van der Waals surface area contributed by atoms with Gasteiger partial charge in [-0.2, -0.15) is 4.57 Å². The standard InChI is InChI=1S/C30H27N2O/c1-18(2)22-14-20(4)32(6)26(15-22)28-19(3)12-13-24-29-25(21-10-8-7-9-11-21)16-23(31-5)17-27(29)33-30(24)28/h7-18H,1-4,6H3/q+1/i1D3,14D,15D,18D. The molecule has 0 aliphatic carbocycles. The minimum atomic E-state index is -2.75. The van der Waals surface area contributed by atoms with Gasteiger partial charge in [0.15, 0.2) is 11.4 Å². The van der Waals surface area contributed by atoms with E-state index in [0.29, 0.717) is 33.8 Å². The summed E-state index contributed by atoms with van der Waals surface area (Å²) in [5.74, 6) is -2.17. The van der Waals surface area contributed by atoms with Crippen molar-refractivity contribution in [2.75, 3.05) is 0 Å². The van der Waals surface area contributed by atoms with Crippen molar-refractivity contribution in [1.29, 1.82) is 0 Å². The van der Waals surface area contributed by atoms with Crippen molar-refractivity contribution >= 4 is 27.6 Å². The number of fused-ring (bicyclic) bond motifs is 3. The Hall–Kier alpha value is -3.90. The number of nitrogens with zero attached hydrogens (tertiary/aromatic N) is 2. The highest BCUT2D eigenvalue weighted by Gasteiger charge is 2.24. The number of furan rings is 1. The normalized spacial score (nSPS) is 16.2. The summed E-state index contributed by atoms with van der Waals surface area (Å²) in [4.78, 5) is 3.65. The highest BCUT2D eigenvalue weighted by molar-refractivity contribution is 6.16. The highest BCUT2D eigenvalue weighted by Crippen LogP contribution is 2.43. The number of rotatable bonds is 3. The van der Waals surface area contributed by atoms with Crippen LogP contribution in [0.3, 0.4) is 0 Å². The Morgan fingerprint density at radius 2 is 1.91 bits per heavy atom.